The van der Waals surface area contributed by atoms with Gasteiger partial charge in [0.15, 0.2) is 0 Å². The lowest BCUT2D eigenvalue weighted by molar-refractivity contribution is 0.0256. The van der Waals surface area contributed by atoms with Crippen LogP contribution in [0.3, 0.4) is 0 Å². The van der Waals surface area contributed by atoms with Crippen LogP contribution in [0.2, 0.25) is 0 Å². The van der Waals surface area contributed by atoms with E-state index in [-0.39, 0.29) is 0 Å². The van der Waals surface area contributed by atoms with E-state index in [1.807, 2.05) is 0 Å². The van der Waals surface area contributed by atoms with Crippen molar-refractivity contribution in [2.75, 3.05) is 19.6 Å². The molecule has 0 saturated heterocycles. The van der Waals surface area contributed by atoms with Crippen LogP contribution in [0.25, 0.3) is 0 Å². The molecule has 1 saturated carbocycles. The van der Waals surface area contributed by atoms with Crippen LogP contribution in [0.1, 0.15) is 38.5 Å². The van der Waals surface area contributed by atoms with Crippen LogP contribution in [0.15, 0.2) is 0 Å². The molecule has 1 rings (SSSR count). The molecule has 0 aromatic carbocycles. The van der Waals surface area contributed by atoms with E-state index in [9.17, 15) is 9.90 Å². The predicted molar refractivity (Wildman–Crippen MR) is 63.1 cm³/mol. The Morgan fingerprint density at radius 1 is 1.19 bits per heavy atom. The number of amides is 2. The van der Waals surface area contributed by atoms with Gasteiger partial charge in [-0.3, -0.25) is 0 Å². The quantitative estimate of drug-likeness (QED) is 0.405. The van der Waals surface area contributed by atoms with E-state index in [1.54, 1.807) is 0 Å². The second kappa shape index (κ2) is 6.70. The Labute approximate surface area is 96.8 Å². The summed E-state index contributed by atoms with van der Waals surface area (Å²) in [5.74, 6) is 0. The highest BCUT2D eigenvalue weighted by Crippen LogP contribution is 2.26. The van der Waals surface area contributed by atoms with Crippen molar-refractivity contribution in [1.29, 1.82) is 0 Å². The molecule has 1 aliphatic rings. The number of urea groups is 1. The number of aliphatic hydroxyl groups is 1. The molecule has 0 heterocycles. The molecule has 0 aromatic rings. The summed E-state index contributed by atoms with van der Waals surface area (Å²) in [6.07, 6.45) is 6.43. The van der Waals surface area contributed by atoms with Gasteiger partial charge in [-0.2, -0.15) is 0 Å². The topological polar surface area (TPSA) is 87.4 Å². The first-order valence-electron chi connectivity index (χ1n) is 6.09. The minimum atomic E-state index is -0.552. The third kappa shape index (κ3) is 5.32. The van der Waals surface area contributed by atoms with Crippen molar-refractivity contribution in [3.63, 3.8) is 0 Å². The molecule has 5 N–H and O–H groups in total. The summed E-state index contributed by atoms with van der Waals surface area (Å²) in [4.78, 5) is 10.4. The van der Waals surface area contributed by atoms with E-state index < -0.39 is 11.6 Å². The highest BCUT2D eigenvalue weighted by Gasteiger charge is 2.26. The number of hydrogen-bond acceptors (Lipinski definition) is 3. The Balaban J connectivity index is 2.12. The maximum Gasteiger partial charge on any atom is 0.312 e. The summed E-state index contributed by atoms with van der Waals surface area (Å²) in [7, 11) is 0. The summed E-state index contributed by atoms with van der Waals surface area (Å²) in [6.45, 7) is 1.75. The van der Waals surface area contributed by atoms with Gasteiger partial charge in [0.05, 0.1) is 5.60 Å². The highest BCUT2D eigenvalue weighted by atomic mass is 16.3. The largest absolute Gasteiger partial charge is 0.389 e. The lowest BCUT2D eigenvalue weighted by Crippen LogP contribution is -2.43. The second-order valence-electron chi connectivity index (χ2n) is 4.61. The monoisotopic (exact) mass is 229 g/mol. The SMILES string of the molecule is NC(=O)NCCNCC1(O)CCCCCC1. The summed E-state index contributed by atoms with van der Waals surface area (Å²) in [5.41, 5.74) is 4.38. The number of carbonyl (C=O) groups is 1. The standard InChI is InChI=1S/C11H23N3O2/c12-10(15)14-8-7-13-9-11(16)5-3-1-2-4-6-11/h13,16H,1-9H2,(H3,12,14,15). The fraction of sp³-hybridized carbons (Fsp3) is 0.909. The molecule has 0 atom stereocenters. The van der Waals surface area contributed by atoms with Gasteiger partial charge in [0.2, 0.25) is 0 Å². The first-order valence-corrected chi connectivity index (χ1v) is 6.09. The van der Waals surface area contributed by atoms with E-state index in [0.29, 0.717) is 19.6 Å². The van der Waals surface area contributed by atoms with Crippen LogP contribution in [0.5, 0.6) is 0 Å². The molecule has 1 fully saturated rings. The van der Waals surface area contributed by atoms with E-state index >= 15 is 0 Å². The van der Waals surface area contributed by atoms with Crippen molar-refractivity contribution in [2.45, 2.75) is 44.1 Å². The van der Waals surface area contributed by atoms with Gasteiger partial charge in [-0.1, -0.05) is 25.7 Å². The van der Waals surface area contributed by atoms with Gasteiger partial charge in [-0.15, -0.1) is 0 Å². The molecule has 0 spiro atoms. The first kappa shape index (κ1) is 13.3. The number of nitrogens with two attached hydrogens (primary N) is 1. The maximum atomic E-state index is 10.4. The second-order valence-corrected chi connectivity index (χ2v) is 4.61. The molecule has 1 aliphatic carbocycles. The number of primary amides is 1. The molecule has 0 bridgehead atoms. The molecule has 94 valence electrons. The third-order valence-electron chi connectivity index (χ3n) is 3.09. The fourth-order valence-electron chi connectivity index (χ4n) is 2.16. The fourth-order valence-corrected chi connectivity index (χ4v) is 2.16. The minimum Gasteiger partial charge on any atom is -0.389 e. The Hall–Kier alpha value is -0.810. The molecule has 0 aromatic heterocycles. The van der Waals surface area contributed by atoms with Gasteiger partial charge in [0.25, 0.3) is 0 Å². The zero-order chi connectivity index (χ0) is 11.9. The average molecular weight is 229 g/mol. The lowest BCUT2D eigenvalue weighted by atomic mass is 9.94. The van der Waals surface area contributed by atoms with Crippen molar-refractivity contribution in [3.8, 4) is 0 Å². The van der Waals surface area contributed by atoms with Crippen molar-refractivity contribution < 1.29 is 9.90 Å². The minimum absolute atomic E-state index is 0.505. The molecule has 16 heavy (non-hydrogen) atoms. The number of nitrogens with one attached hydrogen (secondary N) is 2. The van der Waals surface area contributed by atoms with Gasteiger partial charge >= 0.3 is 6.03 Å². The van der Waals surface area contributed by atoms with E-state index in [4.69, 9.17) is 5.73 Å². The summed E-state index contributed by atoms with van der Waals surface area (Å²) >= 11 is 0. The van der Waals surface area contributed by atoms with Crippen LogP contribution in [-0.4, -0.2) is 36.4 Å². The zero-order valence-corrected chi connectivity index (χ0v) is 9.80. The van der Waals surface area contributed by atoms with Gasteiger partial charge in [0.1, 0.15) is 0 Å². The van der Waals surface area contributed by atoms with E-state index in [2.05, 4.69) is 10.6 Å². The normalized spacial score (nSPS) is 20.1. The van der Waals surface area contributed by atoms with Gasteiger partial charge < -0.3 is 21.5 Å². The molecule has 0 radical (unpaired) electrons. The summed E-state index contributed by atoms with van der Waals surface area (Å²) in [6, 6.07) is -0.505. The van der Waals surface area contributed by atoms with Crippen molar-refractivity contribution in [2.24, 2.45) is 5.73 Å². The van der Waals surface area contributed by atoms with Crippen molar-refractivity contribution >= 4 is 6.03 Å². The van der Waals surface area contributed by atoms with Crippen LogP contribution in [-0.2, 0) is 0 Å². The number of rotatable bonds is 5. The average Bonchev–Trinajstić information content (AvgIpc) is 2.43. The van der Waals surface area contributed by atoms with Crippen molar-refractivity contribution in [1.82, 2.24) is 10.6 Å². The molecule has 0 aliphatic heterocycles. The zero-order valence-electron chi connectivity index (χ0n) is 9.80. The van der Waals surface area contributed by atoms with Gasteiger partial charge in [0, 0.05) is 19.6 Å². The van der Waals surface area contributed by atoms with E-state index in [0.717, 1.165) is 25.7 Å². The Morgan fingerprint density at radius 3 is 2.38 bits per heavy atom. The third-order valence-corrected chi connectivity index (χ3v) is 3.09. The van der Waals surface area contributed by atoms with Crippen LogP contribution in [0, 0.1) is 0 Å². The summed E-state index contributed by atoms with van der Waals surface area (Å²) < 4.78 is 0. The van der Waals surface area contributed by atoms with Crippen molar-refractivity contribution in [3.05, 3.63) is 0 Å². The number of hydrogen-bond donors (Lipinski definition) is 4. The smallest absolute Gasteiger partial charge is 0.312 e. The van der Waals surface area contributed by atoms with Crippen LogP contribution < -0.4 is 16.4 Å². The molecule has 0 unspecified atom stereocenters. The van der Waals surface area contributed by atoms with E-state index in [1.165, 1.54) is 12.8 Å². The number of carbonyl (C=O) groups excluding carboxylic acids is 1. The lowest BCUT2D eigenvalue weighted by Gasteiger charge is -2.26. The molecule has 5 heteroatoms. The Kier molecular flexibility index (Phi) is 5.55. The first-order chi connectivity index (χ1) is 7.62. The van der Waals surface area contributed by atoms with Gasteiger partial charge in [-0.05, 0) is 12.8 Å². The molecule has 5 nitrogen and oxygen atoms in total. The predicted octanol–water partition coefficient (Wildman–Crippen LogP) is 0.330. The van der Waals surface area contributed by atoms with Gasteiger partial charge in [-0.25, -0.2) is 4.79 Å². The summed E-state index contributed by atoms with van der Waals surface area (Å²) in [5, 5.41) is 15.9. The Bertz CT molecular complexity index is 213. The molecule has 2 amide bonds. The Morgan fingerprint density at radius 2 is 1.81 bits per heavy atom. The van der Waals surface area contributed by atoms with Crippen LogP contribution in [0.4, 0.5) is 4.79 Å². The molecular formula is C11H23N3O2. The highest BCUT2D eigenvalue weighted by molar-refractivity contribution is 5.71. The molecular weight excluding hydrogens is 206 g/mol. The van der Waals surface area contributed by atoms with Crippen LogP contribution >= 0.6 is 0 Å². The maximum absolute atomic E-state index is 10.4.